The van der Waals surface area contributed by atoms with Crippen molar-refractivity contribution in [2.45, 2.75) is 0 Å². The number of hydrogen-bond acceptors (Lipinski definition) is 5. The molecule has 2 N–H and O–H groups in total. The number of carbonyl (C=O) groups excluding carboxylic acids is 2. The lowest BCUT2D eigenvalue weighted by atomic mass is 9.95. The summed E-state index contributed by atoms with van der Waals surface area (Å²) in [6.07, 6.45) is 1.20. The van der Waals surface area contributed by atoms with Gasteiger partial charge in [0, 0.05) is 21.5 Å². The molecule has 0 aliphatic carbocycles. The molecule has 4 rings (SSSR count). The lowest BCUT2D eigenvalue weighted by Crippen LogP contribution is -2.36. The van der Waals surface area contributed by atoms with E-state index in [9.17, 15) is 19.8 Å². The van der Waals surface area contributed by atoms with Crippen LogP contribution in [0.4, 0.5) is 0 Å². The van der Waals surface area contributed by atoms with Gasteiger partial charge in [-0.1, -0.05) is 28.1 Å². The smallest absolute Gasteiger partial charge is 0.282 e. The SMILES string of the molecule is O=C1c2cccc3c(Br)ccc(c23)C(=O)N1N=Cc1ccc(O)cc1O. The second-order valence-corrected chi connectivity index (χ2v) is 6.59. The number of rotatable bonds is 2. The van der Waals surface area contributed by atoms with E-state index in [0.29, 0.717) is 16.5 Å². The summed E-state index contributed by atoms with van der Waals surface area (Å²) in [5.74, 6) is -1.39. The lowest BCUT2D eigenvalue weighted by Gasteiger charge is -2.23. The van der Waals surface area contributed by atoms with E-state index >= 15 is 0 Å². The van der Waals surface area contributed by atoms with E-state index in [2.05, 4.69) is 21.0 Å². The van der Waals surface area contributed by atoms with Crippen LogP contribution < -0.4 is 0 Å². The number of amides is 2. The second-order valence-electron chi connectivity index (χ2n) is 5.73. The normalized spacial score (nSPS) is 13.8. The molecule has 26 heavy (non-hydrogen) atoms. The molecule has 0 saturated carbocycles. The molecule has 0 fully saturated rings. The van der Waals surface area contributed by atoms with Crippen LogP contribution in [0.15, 0.2) is 58.1 Å². The largest absolute Gasteiger partial charge is 0.508 e. The van der Waals surface area contributed by atoms with Gasteiger partial charge in [0.15, 0.2) is 0 Å². The molecule has 0 aromatic heterocycles. The van der Waals surface area contributed by atoms with Crippen molar-refractivity contribution in [1.29, 1.82) is 0 Å². The zero-order valence-electron chi connectivity index (χ0n) is 13.2. The number of phenolic OH excluding ortho intramolecular Hbond substituents is 2. The predicted octanol–water partition coefficient (Wildman–Crippen LogP) is 3.64. The molecule has 6 nitrogen and oxygen atoms in total. The zero-order chi connectivity index (χ0) is 18.4. The van der Waals surface area contributed by atoms with Crippen molar-refractivity contribution in [3.05, 3.63) is 69.7 Å². The van der Waals surface area contributed by atoms with Crippen LogP contribution in [0.25, 0.3) is 10.8 Å². The minimum absolute atomic E-state index is 0.101. The van der Waals surface area contributed by atoms with Crippen molar-refractivity contribution in [3.8, 4) is 11.5 Å². The first-order chi connectivity index (χ1) is 12.5. The van der Waals surface area contributed by atoms with Gasteiger partial charge < -0.3 is 10.2 Å². The van der Waals surface area contributed by atoms with E-state index in [4.69, 9.17) is 0 Å². The van der Waals surface area contributed by atoms with E-state index < -0.39 is 11.8 Å². The Labute approximate surface area is 156 Å². The van der Waals surface area contributed by atoms with Gasteiger partial charge in [0.2, 0.25) is 0 Å². The summed E-state index contributed by atoms with van der Waals surface area (Å²) in [6.45, 7) is 0. The summed E-state index contributed by atoms with van der Waals surface area (Å²) < 4.78 is 0.796. The van der Waals surface area contributed by atoms with E-state index in [1.165, 1.54) is 18.3 Å². The quantitative estimate of drug-likeness (QED) is 0.498. The summed E-state index contributed by atoms with van der Waals surface area (Å²) in [5, 5.41) is 25.3. The fourth-order valence-corrected chi connectivity index (χ4v) is 3.38. The number of phenols is 2. The van der Waals surface area contributed by atoms with Gasteiger partial charge in [-0.05, 0) is 35.7 Å². The fourth-order valence-electron chi connectivity index (χ4n) is 2.91. The highest BCUT2D eigenvalue weighted by Gasteiger charge is 2.33. The van der Waals surface area contributed by atoms with Crippen molar-refractivity contribution in [1.82, 2.24) is 5.01 Å². The molecular formula is C19H11BrN2O4. The van der Waals surface area contributed by atoms with Crippen LogP contribution in [0.2, 0.25) is 0 Å². The van der Waals surface area contributed by atoms with Gasteiger partial charge in [-0.25, -0.2) is 0 Å². The van der Waals surface area contributed by atoms with Gasteiger partial charge in [-0.2, -0.15) is 10.1 Å². The van der Waals surface area contributed by atoms with Gasteiger partial charge in [0.05, 0.1) is 17.3 Å². The zero-order valence-corrected chi connectivity index (χ0v) is 14.8. The highest BCUT2D eigenvalue weighted by Crippen LogP contribution is 2.34. The first-order valence-corrected chi connectivity index (χ1v) is 8.42. The van der Waals surface area contributed by atoms with E-state index in [-0.39, 0.29) is 17.1 Å². The molecule has 1 aliphatic heterocycles. The van der Waals surface area contributed by atoms with Gasteiger partial charge in [0.25, 0.3) is 11.8 Å². The summed E-state index contributed by atoms with van der Waals surface area (Å²) in [4.78, 5) is 25.5. The minimum Gasteiger partial charge on any atom is -0.508 e. The molecule has 2 amide bonds. The third-order valence-electron chi connectivity index (χ3n) is 4.16. The molecule has 0 saturated heterocycles. The van der Waals surface area contributed by atoms with Crippen LogP contribution >= 0.6 is 15.9 Å². The van der Waals surface area contributed by atoms with Crippen LogP contribution in [-0.2, 0) is 0 Å². The molecule has 0 bridgehead atoms. The second kappa shape index (κ2) is 5.96. The van der Waals surface area contributed by atoms with E-state index in [0.717, 1.165) is 20.9 Å². The molecule has 128 valence electrons. The number of halogens is 1. The number of imide groups is 1. The summed E-state index contributed by atoms with van der Waals surface area (Å²) in [6, 6.07) is 12.6. The molecular weight excluding hydrogens is 400 g/mol. The number of carbonyl (C=O) groups is 2. The maximum absolute atomic E-state index is 12.8. The Morgan fingerprint density at radius 1 is 0.962 bits per heavy atom. The summed E-state index contributed by atoms with van der Waals surface area (Å²) in [7, 11) is 0. The first-order valence-electron chi connectivity index (χ1n) is 7.63. The van der Waals surface area contributed by atoms with Crippen LogP contribution in [0.5, 0.6) is 11.5 Å². The van der Waals surface area contributed by atoms with Crippen molar-refractivity contribution >= 4 is 44.7 Å². The summed E-state index contributed by atoms with van der Waals surface area (Å²) >= 11 is 3.43. The van der Waals surface area contributed by atoms with Crippen LogP contribution in [-0.4, -0.2) is 33.3 Å². The van der Waals surface area contributed by atoms with E-state index in [1.807, 2.05) is 6.07 Å². The Kier molecular flexibility index (Phi) is 3.73. The Morgan fingerprint density at radius 2 is 1.69 bits per heavy atom. The maximum Gasteiger partial charge on any atom is 0.282 e. The van der Waals surface area contributed by atoms with Crippen molar-refractivity contribution in [3.63, 3.8) is 0 Å². The molecule has 7 heteroatoms. The van der Waals surface area contributed by atoms with Crippen LogP contribution in [0, 0.1) is 0 Å². The molecule has 1 aliphatic rings. The van der Waals surface area contributed by atoms with Gasteiger partial charge in [0.1, 0.15) is 11.5 Å². The van der Waals surface area contributed by atoms with Gasteiger partial charge >= 0.3 is 0 Å². The molecule has 0 unspecified atom stereocenters. The third kappa shape index (κ3) is 2.44. The minimum atomic E-state index is -0.541. The van der Waals surface area contributed by atoms with Crippen molar-refractivity contribution < 1.29 is 19.8 Å². The van der Waals surface area contributed by atoms with Crippen LogP contribution in [0.3, 0.4) is 0 Å². The number of hydrogen-bond donors (Lipinski definition) is 2. The van der Waals surface area contributed by atoms with Gasteiger partial charge in [-0.15, -0.1) is 0 Å². The first kappa shape index (κ1) is 16.3. The molecule has 1 heterocycles. The van der Waals surface area contributed by atoms with Crippen molar-refractivity contribution in [2.75, 3.05) is 0 Å². The number of benzene rings is 3. The van der Waals surface area contributed by atoms with Crippen LogP contribution in [0.1, 0.15) is 26.3 Å². The predicted molar refractivity (Wildman–Crippen MR) is 99.5 cm³/mol. The molecule has 0 atom stereocenters. The molecule has 0 radical (unpaired) electrons. The Morgan fingerprint density at radius 3 is 2.42 bits per heavy atom. The monoisotopic (exact) mass is 410 g/mol. The standard InChI is InChI=1S/C19H11BrN2O4/c20-15-7-6-14-17-12(15)2-1-3-13(17)18(25)22(19(14)26)21-9-10-4-5-11(23)8-16(10)24/h1-9,23-24H. The highest BCUT2D eigenvalue weighted by molar-refractivity contribution is 9.10. The highest BCUT2D eigenvalue weighted by atomic mass is 79.9. The molecule has 3 aromatic carbocycles. The Hall–Kier alpha value is -3.19. The number of aromatic hydroxyl groups is 2. The Balaban J connectivity index is 1.81. The summed E-state index contributed by atoms with van der Waals surface area (Å²) in [5.41, 5.74) is 1.03. The average Bonchev–Trinajstić information content (AvgIpc) is 2.62. The molecule has 3 aromatic rings. The molecule has 0 spiro atoms. The van der Waals surface area contributed by atoms with E-state index in [1.54, 1.807) is 24.3 Å². The third-order valence-corrected chi connectivity index (χ3v) is 4.85. The number of nitrogens with zero attached hydrogens (tertiary/aromatic N) is 2. The lowest BCUT2D eigenvalue weighted by molar-refractivity contribution is 0.0616. The van der Waals surface area contributed by atoms with Crippen molar-refractivity contribution in [2.24, 2.45) is 5.10 Å². The Bertz CT molecular complexity index is 1100. The van der Waals surface area contributed by atoms with Gasteiger partial charge in [-0.3, -0.25) is 9.59 Å². The fraction of sp³-hybridized carbons (Fsp3) is 0. The average molecular weight is 411 g/mol. The maximum atomic E-state index is 12.8. The number of hydrazone groups is 1. The topological polar surface area (TPSA) is 90.2 Å².